The summed E-state index contributed by atoms with van der Waals surface area (Å²) >= 11 is 0. The van der Waals surface area contributed by atoms with Crippen molar-refractivity contribution in [2.45, 2.75) is 290 Å². The number of allylic oxidation sites excluding steroid dienone is 6. The first-order chi connectivity index (χ1) is 35.2. The quantitative estimate of drug-likeness (QED) is 0.0279. The molecule has 0 atom stereocenters. The number of carbonyl (C=O) groups is 5. The molecule has 0 aliphatic rings. The van der Waals surface area contributed by atoms with Gasteiger partial charge in [-0.05, 0) is 96.3 Å². The van der Waals surface area contributed by atoms with E-state index in [2.05, 4.69) is 57.2 Å². The summed E-state index contributed by atoms with van der Waals surface area (Å²) in [5, 5.41) is 20.4. The maximum absolute atomic E-state index is 13.4. The number of hydrogen-bond acceptors (Lipinski definition) is 8. The van der Waals surface area contributed by atoms with E-state index in [1.807, 2.05) is 0 Å². The Hall–Kier alpha value is -4.21. The summed E-state index contributed by atoms with van der Waals surface area (Å²) in [5.74, 6) is -7.38. The van der Waals surface area contributed by atoms with E-state index in [-0.39, 0.29) is 19.3 Å². The van der Waals surface area contributed by atoms with Gasteiger partial charge in [-0.3, -0.25) is 14.4 Å². The zero-order valence-electron chi connectivity index (χ0n) is 45.9. The lowest BCUT2D eigenvalue weighted by Gasteiger charge is -2.18. The molecule has 0 aliphatic carbocycles. The molecule has 0 unspecified atom stereocenters. The molecule has 2 N–H and O–H groups in total. The Morgan fingerprint density at radius 3 is 0.903 bits per heavy atom. The number of carboxylic acids is 2. The van der Waals surface area contributed by atoms with E-state index in [1.54, 1.807) is 0 Å². The van der Waals surface area contributed by atoms with E-state index in [0.717, 1.165) is 122 Å². The smallest absolute Gasteiger partial charge is 0.340 e. The fourth-order valence-corrected chi connectivity index (χ4v) is 8.79. The predicted octanol–water partition coefficient (Wildman–Crippen LogP) is 18.9. The van der Waals surface area contributed by atoms with Gasteiger partial charge in [-0.1, -0.05) is 211 Å². The van der Waals surface area contributed by atoms with Crippen LogP contribution in [0.5, 0.6) is 17.2 Å². The Labute approximate surface area is 438 Å². The third-order valence-electron chi connectivity index (χ3n) is 13.2. The van der Waals surface area contributed by atoms with Gasteiger partial charge in [0.05, 0.1) is 5.56 Å². The predicted molar refractivity (Wildman–Crippen MR) is 296 cm³/mol. The zero-order chi connectivity index (χ0) is 52.5. The third-order valence-corrected chi connectivity index (χ3v) is 13.2. The van der Waals surface area contributed by atoms with Crippen LogP contribution in [0.3, 0.4) is 0 Å². The van der Waals surface area contributed by atoms with Crippen molar-refractivity contribution in [2.24, 2.45) is 0 Å². The van der Waals surface area contributed by atoms with Crippen LogP contribution in [0.15, 0.2) is 42.5 Å². The van der Waals surface area contributed by atoms with Crippen LogP contribution in [-0.4, -0.2) is 40.1 Å². The topological polar surface area (TPSA) is 154 Å². The van der Waals surface area contributed by atoms with Crippen LogP contribution in [0.25, 0.3) is 0 Å². The number of hydrogen-bond donors (Lipinski definition) is 2. The molecule has 0 heterocycles. The van der Waals surface area contributed by atoms with Crippen LogP contribution in [0.1, 0.15) is 311 Å². The van der Waals surface area contributed by atoms with Crippen LogP contribution < -0.4 is 14.2 Å². The highest BCUT2D eigenvalue weighted by atomic mass is 16.6. The SMILES string of the molecule is CCCCCCCC/C=C\CCCCCCCC(=O)Oc1cc(C(=O)O)c(C(=O)O)c(OC(=O)CCCCCCC/C=C\CCCCCCCC)c1OC(=O)CCCCCCC/C=C\CCCCCCCC. The second-order valence-corrected chi connectivity index (χ2v) is 20.0. The Kier molecular flexibility index (Phi) is 43.7. The van der Waals surface area contributed by atoms with Gasteiger partial charge in [0.25, 0.3) is 0 Å². The second-order valence-electron chi connectivity index (χ2n) is 20.0. The highest BCUT2D eigenvalue weighted by Crippen LogP contribution is 2.44. The molecule has 0 spiro atoms. The average molecular weight is 1010 g/mol. The molecule has 1 aromatic rings. The second kappa shape index (κ2) is 47.8. The van der Waals surface area contributed by atoms with Crippen molar-refractivity contribution >= 4 is 29.8 Å². The van der Waals surface area contributed by atoms with E-state index >= 15 is 0 Å². The number of rotatable bonds is 50. The summed E-state index contributed by atoms with van der Waals surface area (Å²) in [7, 11) is 0. The lowest BCUT2D eigenvalue weighted by molar-refractivity contribution is -0.138. The summed E-state index contributed by atoms with van der Waals surface area (Å²) < 4.78 is 17.0. The van der Waals surface area contributed by atoms with Gasteiger partial charge in [-0.25, -0.2) is 9.59 Å². The first-order valence-corrected chi connectivity index (χ1v) is 29.4. The summed E-state index contributed by atoms with van der Waals surface area (Å²) in [6, 6.07) is 0.871. The van der Waals surface area contributed by atoms with Crippen LogP contribution in [0, 0.1) is 0 Å². The van der Waals surface area contributed by atoms with Crippen LogP contribution in [-0.2, 0) is 14.4 Å². The minimum absolute atomic E-state index is 0.00809. The molecule has 10 heteroatoms. The van der Waals surface area contributed by atoms with E-state index in [4.69, 9.17) is 14.2 Å². The highest BCUT2D eigenvalue weighted by molar-refractivity contribution is 6.06. The molecule has 0 aromatic heterocycles. The van der Waals surface area contributed by atoms with E-state index in [0.29, 0.717) is 19.3 Å². The maximum atomic E-state index is 13.4. The van der Waals surface area contributed by atoms with Gasteiger partial charge in [0.15, 0.2) is 11.5 Å². The Balaban J connectivity index is 2.90. The molecule has 410 valence electrons. The van der Waals surface area contributed by atoms with Gasteiger partial charge in [-0.2, -0.15) is 0 Å². The first kappa shape index (κ1) is 65.8. The number of carboxylic acid groups (broad SMARTS) is 2. The number of esters is 3. The fraction of sp³-hybridized carbons (Fsp3) is 0.726. The monoisotopic (exact) mass is 1010 g/mol. The molecular formula is C62H102O10. The van der Waals surface area contributed by atoms with Crippen LogP contribution >= 0.6 is 0 Å². The fourth-order valence-electron chi connectivity index (χ4n) is 8.79. The molecule has 0 aliphatic heterocycles. The zero-order valence-corrected chi connectivity index (χ0v) is 45.9. The van der Waals surface area contributed by atoms with Crippen molar-refractivity contribution in [1.82, 2.24) is 0 Å². The molecule has 0 saturated carbocycles. The summed E-state index contributed by atoms with van der Waals surface area (Å²) in [4.78, 5) is 65.2. The lowest BCUT2D eigenvalue weighted by Crippen LogP contribution is -2.19. The highest BCUT2D eigenvalue weighted by Gasteiger charge is 2.33. The molecule has 0 fully saturated rings. The molecule has 0 amide bonds. The van der Waals surface area contributed by atoms with Crippen molar-refractivity contribution in [2.75, 3.05) is 0 Å². The summed E-state index contributed by atoms with van der Waals surface area (Å²) in [5.41, 5.74) is -1.62. The van der Waals surface area contributed by atoms with Crippen molar-refractivity contribution < 1.29 is 48.4 Å². The number of unbranched alkanes of at least 4 members (excludes halogenated alkanes) is 33. The normalized spacial score (nSPS) is 11.6. The Bertz CT molecular complexity index is 1660. The molecule has 1 aromatic carbocycles. The van der Waals surface area contributed by atoms with Gasteiger partial charge in [0.1, 0.15) is 5.56 Å². The number of benzene rings is 1. The minimum atomic E-state index is -1.70. The van der Waals surface area contributed by atoms with Gasteiger partial charge < -0.3 is 24.4 Å². The first-order valence-electron chi connectivity index (χ1n) is 29.4. The van der Waals surface area contributed by atoms with E-state index < -0.39 is 58.2 Å². The summed E-state index contributed by atoms with van der Waals surface area (Å²) in [6.45, 7) is 6.70. The van der Waals surface area contributed by atoms with Gasteiger partial charge in [0.2, 0.25) is 5.75 Å². The van der Waals surface area contributed by atoms with Crippen molar-refractivity contribution in [1.29, 1.82) is 0 Å². The van der Waals surface area contributed by atoms with Crippen LogP contribution in [0.2, 0.25) is 0 Å². The standard InChI is InChI=1S/C62H102O10/c1-4-7-10-13-16-19-22-25-28-31-34-37-40-43-46-49-55(63)70-54-52-53(61(66)67)58(62(68)69)60(72-57(65)51-48-45-42-39-36-33-30-27-24-21-18-15-12-9-6-3)59(54)71-56(64)50-47-44-41-38-35-32-29-26-23-20-17-14-11-8-5-2/h25-30,52H,4-24,31-51H2,1-3H3,(H,66,67)(H,68,69)/b28-25-,29-26-,30-27-. The number of carbonyl (C=O) groups excluding carboxylic acids is 3. The maximum Gasteiger partial charge on any atom is 0.340 e. The summed E-state index contributed by atoms with van der Waals surface area (Å²) in [6.07, 6.45) is 56.0. The average Bonchev–Trinajstić information content (AvgIpc) is 3.35. The molecule has 0 bridgehead atoms. The van der Waals surface area contributed by atoms with Crippen molar-refractivity contribution in [3.8, 4) is 17.2 Å². The molecule has 10 nitrogen and oxygen atoms in total. The molecule has 0 radical (unpaired) electrons. The van der Waals surface area contributed by atoms with E-state index in [1.165, 1.54) is 116 Å². The van der Waals surface area contributed by atoms with E-state index in [9.17, 15) is 34.2 Å². The Morgan fingerprint density at radius 2 is 0.611 bits per heavy atom. The van der Waals surface area contributed by atoms with Gasteiger partial charge in [0, 0.05) is 25.3 Å². The molecular weight excluding hydrogens is 905 g/mol. The van der Waals surface area contributed by atoms with Gasteiger partial charge >= 0.3 is 29.8 Å². The molecule has 72 heavy (non-hydrogen) atoms. The Morgan fingerprint density at radius 1 is 0.347 bits per heavy atom. The number of aromatic carboxylic acids is 2. The molecule has 0 saturated heterocycles. The number of ether oxygens (including phenoxy) is 3. The third kappa shape index (κ3) is 36.7. The van der Waals surface area contributed by atoms with Crippen LogP contribution in [0.4, 0.5) is 0 Å². The van der Waals surface area contributed by atoms with Gasteiger partial charge in [-0.15, -0.1) is 0 Å². The van der Waals surface area contributed by atoms with Crippen molar-refractivity contribution in [3.63, 3.8) is 0 Å². The largest absolute Gasteiger partial charge is 0.478 e. The molecule has 1 rings (SSSR count). The van der Waals surface area contributed by atoms with Crippen molar-refractivity contribution in [3.05, 3.63) is 53.6 Å². The minimum Gasteiger partial charge on any atom is -0.478 e. The lowest BCUT2D eigenvalue weighted by atomic mass is 10.0.